The predicted octanol–water partition coefficient (Wildman–Crippen LogP) is 3.46. The summed E-state index contributed by atoms with van der Waals surface area (Å²) in [6, 6.07) is 7.53. The lowest BCUT2D eigenvalue weighted by Gasteiger charge is -2.39. The van der Waals surface area contributed by atoms with Crippen LogP contribution in [0.15, 0.2) is 18.2 Å². The van der Waals surface area contributed by atoms with E-state index < -0.39 is 0 Å². The highest BCUT2D eigenvalue weighted by molar-refractivity contribution is 6.32. The molecule has 1 N–H and O–H groups in total. The van der Waals surface area contributed by atoms with Gasteiger partial charge in [-0.1, -0.05) is 24.1 Å². The molecule has 21 heavy (non-hydrogen) atoms. The molecular weight excluding hydrogens is 284 g/mol. The van der Waals surface area contributed by atoms with Gasteiger partial charge in [0.2, 0.25) is 0 Å². The van der Waals surface area contributed by atoms with Crippen LogP contribution in [0.1, 0.15) is 37.7 Å². The Morgan fingerprint density at radius 3 is 2.90 bits per heavy atom. The average molecular weight is 309 g/mol. The molecule has 116 valence electrons. The Morgan fingerprint density at radius 2 is 2.19 bits per heavy atom. The molecule has 2 fully saturated rings. The minimum Gasteiger partial charge on any atom is -0.495 e. The number of benzene rings is 1. The second-order valence-electron chi connectivity index (χ2n) is 6.21. The fourth-order valence-electron chi connectivity index (χ4n) is 3.75. The minimum atomic E-state index is 0.680. The zero-order valence-electron chi connectivity index (χ0n) is 12.8. The van der Waals surface area contributed by atoms with Crippen molar-refractivity contribution in [3.8, 4) is 5.75 Å². The quantitative estimate of drug-likeness (QED) is 0.922. The summed E-state index contributed by atoms with van der Waals surface area (Å²) >= 11 is 6.25. The molecule has 2 unspecified atom stereocenters. The van der Waals surface area contributed by atoms with Crippen LogP contribution in [0.3, 0.4) is 0 Å². The summed E-state index contributed by atoms with van der Waals surface area (Å²) < 4.78 is 5.24. The number of piperidine rings is 1. The number of likely N-dealkylation sites (tertiary alicyclic amines) is 1. The summed E-state index contributed by atoms with van der Waals surface area (Å²) in [5, 5.41) is 4.39. The summed E-state index contributed by atoms with van der Waals surface area (Å²) in [5.41, 5.74) is 1.28. The fourth-order valence-corrected chi connectivity index (χ4v) is 4.03. The van der Waals surface area contributed by atoms with Crippen molar-refractivity contribution in [2.45, 2.75) is 50.7 Å². The van der Waals surface area contributed by atoms with Gasteiger partial charge >= 0.3 is 0 Å². The highest BCUT2D eigenvalue weighted by Crippen LogP contribution is 2.29. The molecule has 0 radical (unpaired) electrons. The SMILES string of the molecule is COc1ccc(CN2CCCCC2C2CCCN2)cc1Cl. The smallest absolute Gasteiger partial charge is 0.137 e. The topological polar surface area (TPSA) is 24.5 Å². The van der Waals surface area contributed by atoms with E-state index in [9.17, 15) is 0 Å². The van der Waals surface area contributed by atoms with Gasteiger partial charge in [-0.3, -0.25) is 4.90 Å². The molecule has 0 aromatic heterocycles. The van der Waals surface area contributed by atoms with E-state index >= 15 is 0 Å². The van der Waals surface area contributed by atoms with Gasteiger partial charge in [0.1, 0.15) is 5.75 Å². The second-order valence-corrected chi connectivity index (χ2v) is 6.61. The average Bonchev–Trinajstić information content (AvgIpc) is 3.02. The van der Waals surface area contributed by atoms with E-state index in [2.05, 4.69) is 16.3 Å². The Kier molecular flexibility index (Phi) is 5.04. The number of ether oxygens (including phenoxy) is 1. The number of hydrogen-bond acceptors (Lipinski definition) is 3. The van der Waals surface area contributed by atoms with E-state index in [-0.39, 0.29) is 0 Å². The molecule has 2 aliphatic heterocycles. The van der Waals surface area contributed by atoms with Crippen LogP contribution in [0, 0.1) is 0 Å². The minimum absolute atomic E-state index is 0.680. The van der Waals surface area contributed by atoms with Crippen molar-refractivity contribution in [2.24, 2.45) is 0 Å². The Hall–Kier alpha value is -0.770. The van der Waals surface area contributed by atoms with E-state index in [0.717, 1.165) is 12.3 Å². The Bertz CT molecular complexity index is 474. The monoisotopic (exact) mass is 308 g/mol. The van der Waals surface area contributed by atoms with Gasteiger partial charge in [0, 0.05) is 18.6 Å². The van der Waals surface area contributed by atoms with Gasteiger partial charge in [0.15, 0.2) is 0 Å². The van der Waals surface area contributed by atoms with Crippen molar-refractivity contribution >= 4 is 11.6 Å². The highest BCUT2D eigenvalue weighted by Gasteiger charge is 2.31. The van der Waals surface area contributed by atoms with Gasteiger partial charge in [-0.15, -0.1) is 0 Å². The number of halogens is 1. The lowest BCUT2D eigenvalue weighted by molar-refractivity contribution is 0.112. The first-order chi connectivity index (χ1) is 10.3. The third-order valence-corrected chi connectivity index (χ3v) is 5.12. The van der Waals surface area contributed by atoms with E-state index in [1.54, 1.807) is 7.11 Å². The zero-order chi connectivity index (χ0) is 14.7. The molecule has 0 bridgehead atoms. The molecular formula is C17H25ClN2O. The molecule has 2 heterocycles. The Balaban J connectivity index is 1.70. The van der Waals surface area contributed by atoms with Crippen molar-refractivity contribution in [3.63, 3.8) is 0 Å². The summed E-state index contributed by atoms with van der Waals surface area (Å²) in [6.07, 6.45) is 6.64. The van der Waals surface area contributed by atoms with Crippen molar-refractivity contribution in [3.05, 3.63) is 28.8 Å². The molecule has 2 saturated heterocycles. The molecule has 0 amide bonds. The van der Waals surface area contributed by atoms with Crippen LogP contribution < -0.4 is 10.1 Å². The van der Waals surface area contributed by atoms with Crippen LogP contribution in [-0.2, 0) is 6.54 Å². The van der Waals surface area contributed by atoms with E-state index in [1.807, 2.05) is 12.1 Å². The Morgan fingerprint density at radius 1 is 1.29 bits per heavy atom. The van der Waals surface area contributed by atoms with Gasteiger partial charge in [0.25, 0.3) is 0 Å². The molecule has 1 aromatic rings. The molecule has 0 aliphatic carbocycles. The maximum atomic E-state index is 6.25. The van der Waals surface area contributed by atoms with Crippen molar-refractivity contribution in [2.75, 3.05) is 20.2 Å². The van der Waals surface area contributed by atoms with Crippen LogP contribution in [0.25, 0.3) is 0 Å². The van der Waals surface area contributed by atoms with Gasteiger partial charge in [0.05, 0.1) is 12.1 Å². The van der Waals surface area contributed by atoms with Crippen LogP contribution in [0.2, 0.25) is 5.02 Å². The summed E-state index contributed by atoms with van der Waals surface area (Å²) in [7, 11) is 1.66. The summed E-state index contributed by atoms with van der Waals surface area (Å²) in [4.78, 5) is 2.64. The van der Waals surface area contributed by atoms with E-state index in [0.29, 0.717) is 17.1 Å². The largest absolute Gasteiger partial charge is 0.495 e. The number of rotatable bonds is 4. The van der Waals surface area contributed by atoms with Crippen LogP contribution >= 0.6 is 11.6 Å². The number of hydrogen-bond donors (Lipinski definition) is 1. The highest BCUT2D eigenvalue weighted by atomic mass is 35.5. The first-order valence-electron chi connectivity index (χ1n) is 8.08. The maximum absolute atomic E-state index is 6.25. The predicted molar refractivity (Wildman–Crippen MR) is 87.1 cm³/mol. The molecule has 2 aliphatic rings. The standard InChI is InChI=1S/C17H25ClN2O/c1-21-17-8-7-13(11-14(17)18)12-20-10-3-2-6-16(20)15-5-4-9-19-15/h7-8,11,15-16,19H,2-6,9-10,12H2,1H3. The molecule has 1 aromatic carbocycles. The molecule has 3 nitrogen and oxygen atoms in total. The van der Waals surface area contributed by atoms with Gasteiger partial charge in [-0.2, -0.15) is 0 Å². The Labute approximate surface area is 132 Å². The van der Waals surface area contributed by atoms with E-state index in [4.69, 9.17) is 16.3 Å². The first kappa shape index (κ1) is 15.1. The van der Waals surface area contributed by atoms with Crippen LogP contribution in [0.4, 0.5) is 0 Å². The molecule has 0 spiro atoms. The number of nitrogens with one attached hydrogen (secondary N) is 1. The fraction of sp³-hybridized carbons (Fsp3) is 0.647. The van der Waals surface area contributed by atoms with E-state index in [1.165, 1.54) is 50.8 Å². The summed E-state index contributed by atoms with van der Waals surface area (Å²) in [6.45, 7) is 3.38. The molecule has 2 atom stereocenters. The summed E-state index contributed by atoms with van der Waals surface area (Å²) in [5.74, 6) is 0.757. The lowest BCUT2D eigenvalue weighted by atomic mass is 9.94. The number of nitrogens with zero attached hydrogens (tertiary/aromatic N) is 1. The zero-order valence-corrected chi connectivity index (χ0v) is 13.5. The second kappa shape index (κ2) is 6.99. The normalized spacial score (nSPS) is 27.0. The van der Waals surface area contributed by atoms with Gasteiger partial charge in [-0.25, -0.2) is 0 Å². The third-order valence-electron chi connectivity index (χ3n) is 4.83. The lowest BCUT2D eigenvalue weighted by Crippen LogP contribution is -2.49. The van der Waals surface area contributed by atoms with Gasteiger partial charge in [-0.05, 0) is 56.5 Å². The molecule has 0 saturated carbocycles. The van der Waals surface area contributed by atoms with Crippen molar-refractivity contribution in [1.29, 1.82) is 0 Å². The first-order valence-corrected chi connectivity index (χ1v) is 8.45. The molecule has 3 rings (SSSR count). The molecule has 4 heteroatoms. The van der Waals surface area contributed by atoms with Gasteiger partial charge < -0.3 is 10.1 Å². The van der Waals surface area contributed by atoms with Crippen LogP contribution in [0.5, 0.6) is 5.75 Å². The number of methoxy groups -OCH3 is 1. The van der Waals surface area contributed by atoms with Crippen LogP contribution in [-0.4, -0.2) is 37.2 Å². The van der Waals surface area contributed by atoms with Crippen molar-refractivity contribution in [1.82, 2.24) is 10.2 Å². The van der Waals surface area contributed by atoms with Crippen molar-refractivity contribution < 1.29 is 4.74 Å². The maximum Gasteiger partial charge on any atom is 0.137 e. The third kappa shape index (κ3) is 3.53.